The summed E-state index contributed by atoms with van der Waals surface area (Å²) >= 11 is 12.3. The van der Waals surface area contributed by atoms with Gasteiger partial charge in [0, 0.05) is 29.3 Å². The first kappa shape index (κ1) is 26.1. The van der Waals surface area contributed by atoms with Crippen molar-refractivity contribution < 1.29 is 26.4 Å². The molecular formula is C22H20Cl2F3N3O3S. The summed E-state index contributed by atoms with van der Waals surface area (Å²) in [5.74, 6) is 0. The van der Waals surface area contributed by atoms with Crippen LogP contribution in [0.3, 0.4) is 0 Å². The predicted octanol–water partition coefficient (Wildman–Crippen LogP) is 4.87. The Labute approximate surface area is 204 Å². The van der Waals surface area contributed by atoms with Gasteiger partial charge in [-0.15, -0.1) is 11.6 Å². The molecule has 0 saturated heterocycles. The zero-order valence-electron chi connectivity index (χ0n) is 17.7. The van der Waals surface area contributed by atoms with Crippen molar-refractivity contribution in [3.63, 3.8) is 0 Å². The molecule has 3 rings (SSSR count). The Balaban J connectivity index is 1.75. The minimum Gasteiger partial charge on any atom is -0.334 e. The maximum absolute atomic E-state index is 14.0. The number of sulfonamides is 1. The number of nitrogens with one attached hydrogen (secondary N) is 3. The van der Waals surface area contributed by atoms with E-state index in [1.165, 1.54) is 49.5 Å². The average molecular weight is 534 g/mol. The van der Waals surface area contributed by atoms with Crippen LogP contribution in [0.1, 0.15) is 17.5 Å². The number of urea groups is 1. The first-order valence-corrected chi connectivity index (χ1v) is 12.1. The Morgan fingerprint density at radius 1 is 1.09 bits per heavy atom. The molecule has 0 fully saturated rings. The highest BCUT2D eigenvalue weighted by Crippen LogP contribution is 2.53. The van der Waals surface area contributed by atoms with Gasteiger partial charge in [0.05, 0.1) is 4.90 Å². The molecule has 0 aliphatic heterocycles. The molecule has 2 aromatic rings. The lowest BCUT2D eigenvalue weighted by atomic mass is 9.83. The van der Waals surface area contributed by atoms with Crippen molar-refractivity contribution in [3.05, 3.63) is 82.5 Å². The molecule has 1 unspecified atom stereocenters. The Morgan fingerprint density at radius 3 is 2.26 bits per heavy atom. The van der Waals surface area contributed by atoms with E-state index in [2.05, 4.69) is 15.4 Å². The average Bonchev–Trinajstić information content (AvgIpc) is 2.77. The zero-order valence-corrected chi connectivity index (χ0v) is 20.0. The molecule has 0 aromatic heterocycles. The monoisotopic (exact) mass is 533 g/mol. The fourth-order valence-corrected chi connectivity index (χ4v) is 4.92. The highest BCUT2D eigenvalue weighted by atomic mass is 35.5. The Bertz CT molecular complexity index is 1230. The second-order valence-corrected chi connectivity index (χ2v) is 10.3. The van der Waals surface area contributed by atoms with E-state index in [9.17, 15) is 26.4 Å². The summed E-state index contributed by atoms with van der Waals surface area (Å²) in [6.45, 7) is 0.00310. The minimum absolute atomic E-state index is 0.00310. The molecule has 0 spiro atoms. The van der Waals surface area contributed by atoms with Gasteiger partial charge in [-0.05, 0) is 36.4 Å². The van der Waals surface area contributed by atoms with Gasteiger partial charge in [-0.1, -0.05) is 54.1 Å². The molecule has 2 amide bonds. The number of alkyl halides is 4. The number of amides is 2. The largest absolute Gasteiger partial charge is 0.412 e. The van der Waals surface area contributed by atoms with E-state index in [4.69, 9.17) is 23.2 Å². The first-order valence-electron chi connectivity index (χ1n) is 9.86. The summed E-state index contributed by atoms with van der Waals surface area (Å²) in [5.41, 5.74) is 0.411. The standard InChI is InChI=1S/C22H20Cl2F3N3O3S/c1-28-34(32,33)17-9-7-14(8-10-17)13-29-20(31)30-16-11-18(23)19(15-5-3-2-4-6-15)21(24,12-16)22(25,26)27/h2-11,28H,12-13H2,1H3,(H2,29,30,31). The normalized spacial score (nSPS) is 18.9. The van der Waals surface area contributed by atoms with E-state index in [1.54, 1.807) is 18.2 Å². The Hall–Kier alpha value is -2.53. The fraction of sp³-hybridized carbons (Fsp3) is 0.227. The number of halogens is 5. The van der Waals surface area contributed by atoms with Crippen LogP contribution in [0.5, 0.6) is 0 Å². The molecule has 12 heteroatoms. The Morgan fingerprint density at radius 2 is 1.71 bits per heavy atom. The lowest BCUT2D eigenvalue weighted by Gasteiger charge is -2.36. The third kappa shape index (κ3) is 5.57. The molecule has 1 aliphatic rings. The Kier molecular flexibility index (Phi) is 7.66. The molecule has 2 aromatic carbocycles. The van der Waals surface area contributed by atoms with Gasteiger partial charge in [-0.2, -0.15) is 13.2 Å². The van der Waals surface area contributed by atoms with Gasteiger partial charge in [0.1, 0.15) is 0 Å². The van der Waals surface area contributed by atoms with Crippen molar-refractivity contribution in [1.29, 1.82) is 0 Å². The highest BCUT2D eigenvalue weighted by molar-refractivity contribution is 7.89. The zero-order chi connectivity index (χ0) is 25.1. The molecule has 3 N–H and O–H groups in total. The summed E-state index contributed by atoms with van der Waals surface area (Å²) < 4.78 is 67.8. The lowest BCUT2D eigenvalue weighted by molar-refractivity contribution is -0.147. The number of rotatable bonds is 6. The third-order valence-electron chi connectivity index (χ3n) is 5.11. The highest BCUT2D eigenvalue weighted by Gasteiger charge is 2.58. The summed E-state index contributed by atoms with van der Waals surface area (Å²) in [6, 6.07) is 12.7. The molecule has 182 valence electrons. The second kappa shape index (κ2) is 9.99. The summed E-state index contributed by atoms with van der Waals surface area (Å²) in [6.07, 6.45) is -4.34. The molecule has 1 atom stereocenters. The first-order chi connectivity index (χ1) is 15.9. The second-order valence-electron chi connectivity index (χ2n) is 7.39. The third-order valence-corrected chi connectivity index (χ3v) is 7.38. The van der Waals surface area contributed by atoms with Gasteiger partial charge < -0.3 is 10.6 Å². The maximum Gasteiger partial charge on any atom is 0.412 e. The van der Waals surface area contributed by atoms with E-state index in [1.807, 2.05) is 0 Å². The number of allylic oxidation sites excluding steroid dienone is 4. The SMILES string of the molecule is CNS(=O)(=O)c1ccc(CNC(=O)NC2=CC(Cl)=C(c3ccccc3)C(Cl)(C(F)(F)F)C2)cc1. The number of hydrogen-bond acceptors (Lipinski definition) is 3. The van der Waals surface area contributed by atoms with Crippen molar-refractivity contribution in [2.45, 2.75) is 28.9 Å². The van der Waals surface area contributed by atoms with Crippen LogP contribution in [0.4, 0.5) is 18.0 Å². The maximum atomic E-state index is 14.0. The van der Waals surface area contributed by atoms with Crippen LogP contribution in [0.2, 0.25) is 0 Å². The van der Waals surface area contributed by atoms with Crippen LogP contribution >= 0.6 is 23.2 Å². The predicted molar refractivity (Wildman–Crippen MR) is 125 cm³/mol. The fourth-order valence-electron chi connectivity index (χ4n) is 3.39. The molecule has 0 saturated carbocycles. The molecule has 6 nitrogen and oxygen atoms in total. The van der Waals surface area contributed by atoms with Crippen molar-refractivity contribution in [1.82, 2.24) is 15.4 Å². The molecule has 0 bridgehead atoms. The minimum atomic E-state index is -4.85. The van der Waals surface area contributed by atoms with E-state index >= 15 is 0 Å². The topological polar surface area (TPSA) is 87.3 Å². The van der Waals surface area contributed by atoms with Gasteiger partial charge in [-0.3, -0.25) is 0 Å². The van der Waals surface area contributed by atoms with E-state index < -0.39 is 33.5 Å². The van der Waals surface area contributed by atoms with Crippen molar-refractivity contribution >= 4 is 44.8 Å². The smallest absolute Gasteiger partial charge is 0.334 e. The van der Waals surface area contributed by atoms with Crippen molar-refractivity contribution in [3.8, 4) is 0 Å². The van der Waals surface area contributed by atoms with Gasteiger partial charge in [0.2, 0.25) is 10.0 Å². The quantitative estimate of drug-likeness (QED) is 0.463. The molecule has 0 heterocycles. The van der Waals surface area contributed by atoms with Gasteiger partial charge >= 0.3 is 12.2 Å². The summed E-state index contributed by atoms with van der Waals surface area (Å²) in [5, 5.41) is 4.63. The van der Waals surface area contributed by atoms with Gasteiger partial charge in [-0.25, -0.2) is 17.9 Å². The molecule has 1 aliphatic carbocycles. The van der Waals surface area contributed by atoms with Gasteiger partial charge in [0.15, 0.2) is 4.87 Å². The van der Waals surface area contributed by atoms with Crippen LogP contribution in [-0.4, -0.2) is 32.5 Å². The number of carbonyl (C=O) groups excluding carboxylic acids is 1. The van der Waals surface area contributed by atoms with Crippen LogP contribution < -0.4 is 15.4 Å². The molecular weight excluding hydrogens is 514 g/mol. The van der Waals surface area contributed by atoms with Crippen LogP contribution in [0.15, 0.2) is 76.3 Å². The van der Waals surface area contributed by atoms with Gasteiger partial charge in [0.25, 0.3) is 0 Å². The molecule has 0 radical (unpaired) electrons. The number of carbonyl (C=O) groups is 1. The van der Waals surface area contributed by atoms with Crippen LogP contribution in [0, 0.1) is 0 Å². The number of benzene rings is 2. The summed E-state index contributed by atoms with van der Waals surface area (Å²) in [7, 11) is -2.31. The van der Waals surface area contributed by atoms with E-state index in [0.717, 1.165) is 0 Å². The van der Waals surface area contributed by atoms with E-state index in [0.29, 0.717) is 5.56 Å². The summed E-state index contributed by atoms with van der Waals surface area (Å²) in [4.78, 5) is 9.54. The number of hydrogen-bond donors (Lipinski definition) is 3. The molecule has 34 heavy (non-hydrogen) atoms. The van der Waals surface area contributed by atoms with Crippen molar-refractivity contribution in [2.75, 3.05) is 7.05 Å². The van der Waals surface area contributed by atoms with Crippen molar-refractivity contribution in [2.24, 2.45) is 0 Å². The van der Waals surface area contributed by atoms with Crippen LogP contribution in [-0.2, 0) is 16.6 Å². The van der Waals surface area contributed by atoms with Crippen LogP contribution in [0.25, 0.3) is 5.57 Å². The lowest BCUT2D eigenvalue weighted by Crippen LogP contribution is -2.46. The van der Waals surface area contributed by atoms with E-state index in [-0.39, 0.29) is 33.3 Å².